The molecule has 0 atom stereocenters. The lowest BCUT2D eigenvalue weighted by molar-refractivity contribution is -0.132. The maximum atomic E-state index is 12.0. The van der Waals surface area contributed by atoms with Gasteiger partial charge in [-0.25, -0.2) is 4.79 Å². The van der Waals surface area contributed by atoms with Crippen molar-refractivity contribution in [2.45, 2.75) is 13.3 Å². The zero-order valence-corrected chi connectivity index (χ0v) is 12.5. The molecule has 7 heteroatoms. The molecular formula is C13H26N4O3. The molecule has 1 saturated heterocycles. The van der Waals surface area contributed by atoms with Gasteiger partial charge in [0.25, 0.3) is 0 Å². The van der Waals surface area contributed by atoms with Crippen LogP contribution >= 0.6 is 0 Å². The van der Waals surface area contributed by atoms with Crippen LogP contribution in [-0.2, 0) is 9.53 Å². The molecular weight excluding hydrogens is 260 g/mol. The minimum atomic E-state index is -0.259. The Morgan fingerprint density at radius 3 is 2.35 bits per heavy atom. The lowest BCUT2D eigenvalue weighted by Gasteiger charge is -2.34. The number of amides is 3. The number of nitrogens with one attached hydrogen (secondary N) is 2. The van der Waals surface area contributed by atoms with Crippen LogP contribution in [-0.4, -0.2) is 81.3 Å². The minimum Gasteiger partial charge on any atom is -0.383 e. The van der Waals surface area contributed by atoms with Gasteiger partial charge in [0.15, 0.2) is 0 Å². The molecule has 2 N–H and O–H groups in total. The van der Waals surface area contributed by atoms with Gasteiger partial charge >= 0.3 is 6.03 Å². The third kappa shape index (κ3) is 6.21. The predicted molar refractivity (Wildman–Crippen MR) is 76.6 cm³/mol. The van der Waals surface area contributed by atoms with Crippen LogP contribution in [0, 0.1) is 0 Å². The van der Waals surface area contributed by atoms with E-state index in [1.165, 1.54) is 0 Å². The van der Waals surface area contributed by atoms with Crippen LogP contribution in [0.3, 0.4) is 0 Å². The van der Waals surface area contributed by atoms with Crippen molar-refractivity contribution in [3.63, 3.8) is 0 Å². The average Bonchev–Trinajstić information content (AvgIpc) is 2.47. The van der Waals surface area contributed by atoms with Crippen molar-refractivity contribution in [2.24, 2.45) is 0 Å². The van der Waals surface area contributed by atoms with Crippen molar-refractivity contribution in [1.82, 2.24) is 20.4 Å². The van der Waals surface area contributed by atoms with Crippen molar-refractivity contribution in [2.75, 3.05) is 59.5 Å². The highest BCUT2D eigenvalue weighted by atomic mass is 16.5. The lowest BCUT2D eigenvalue weighted by atomic mass is 10.2. The van der Waals surface area contributed by atoms with E-state index in [4.69, 9.17) is 4.74 Å². The third-order valence-electron chi connectivity index (χ3n) is 3.39. The Morgan fingerprint density at radius 2 is 1.75 bits per heavy atom. The summed E-state index contributed by atoms with van der Waals surface area (Å²) >= 11 is 0. The lowest BCUT2D eigenvalue weighted by Crippen LogP contribution is -2.49. The van der Waals surface area contributed by atoms with Gasteiger partial charge in [-0.3, -0.25) is 4.79 Å². The Labute approximate surface area is 120 Å². The van der Waals surface area contributed by atoms with Gasteiger partial charge in [0.1, 0.15) is 0 Å². The van der Waals surface area contributed by atoms with Gasteiger partial charge in [-0.1, -0.05) is 6.92 Å². The zero-order chi connectivity index (χ0) is 14.8. The van der Waals surface area contributed by atoms with Gasteiger partial charge in [0.2, 0.25) is 5.91 Å². The van der Waals surface area contributed by atoms with Crippen molar-refractivity contribution >= 4 is 11.9 Å². The number of urea groups is 1. The van der Waals surface area contributed by atoms with Crippen LogP contribution in [0.15, 0.2) is 0 Å². The summed E-state index contributed by atoms with van der Waals surface area (Å²) in [4.78, 5) is 27.5. The van der Waals surface area contributed by atoms with Crippen LogP contribution in [0.25, 0.3) is 0 Å². The maximum absolute atomic E-state index is 12.0. The van der Waals surface area contributed by atoms with Crippen molar-refractivity contribution in [3.05, 3.63) is 0 Å². The molecule has 20 heavy (non-hydrogen) atoms. The largest absolute Gasteiger partial charge is 0.383 e. The number of carbonyl (C=O) groups is 2. The second-order valence-corrected chi connectivity index (χ2v) is 4.74. The second kappa shape index (κ2) is 9.55. The fourth-order valence-corrected chi connectivity index (χ4v) is 2.08. The highest BCUT2D eigenvalue weighted by molar-refractivity contribution is 5.78. The van der Waals surface area contributed by atoms with E-state index in [1.54, 1.807) is 7.11 Å². The molecule has 3 amide bonds. The number of piperazine rings is 1. The SMILES string of the molecule is CCN1CCN(C(=O)CCNC(=O)NCCOC)CC1. The summed E-state index contributed by atoms with van der Waals surface area (Å²) in [7, 11) is 1.58. The number of rotatable bonds is 7. The van der Waals surface area contributed by atoms with Crippen molar-refractivity contribution < 1.29 is 14.3 Å². The Morgan fingerprint density at radius 1 is 1.10 bits per heavy atom. The Bertz CT molecular complexity index is 304. The number of nitrogens with zero attached hydrogens (tertiary/aromatic N) is 2. The molecule has 0 aromatic carbocycles. The molecule has 7 nitrogen and oxygen atoms in total. The molecule has 0 bridgehead atoms. The summed E-state index contributed by atoms with van der Waals surface area (Å²) in [5.41, 5.74) is 0. The first-order valence-corrected chi connectivity index (χ1v) is 7.18. The van der Waals surface area contributed by atoms with E-state index in [-0.39, 0.29) is 11.9 Å². The molecule has 1 heterocycles. The van der Waals surface area contributed by atoms with E-state index >= 15 is 0 Å². The summed E-state index contributed by atoms with van der Waals surface area (Å²) in [5.74, 6) is 0.109. The monoisotopic (exact) mass is 286 g/mol. The number of hydrogen-bond donors (Lipinski definition) is 2. The van der Waals surface area contributed by atoms with Crippen molar-refractivity contribution in [3.8, 4) is 0 Å². The van der Waals surface area contributed by atoms with Crippen LogP contribution in [0.2, 0.25) is 0 Å². The first-order valence-electron chi connectivity index (χ1n) is 7.18. The number of likely N-dealkylation sites (N-methyl/N-ethyl adjacent to an activating group) is 1. The molecule has 1 aliphatic heterocycles. The molecule has 116 valence electrons. The molecule has 0 aliphatic carbocycles. The third-order valence-corrected chi connectivity index (χ3v) is 3.39. The topological polar surface area (TPSA) is 73.9 Å². The Balaban J connectivity index is 2.09. The molecule has 0 spiro atoms. The summed E-state index contributed by atoms with van der Waals surface area (Å²) in [6.45, 7) is 7.92. The zero-order valence-electron chi connectivity index (χ0n) is 12.5. The normalized spacial score (nSPS) is 16.0. The van der Waals surface area contributed by atoms with E-state index in [0.29, 0.717) is 26.1 Å². The van der Waals surface area contributed by atoms with E-state index in [9.17, 15) is 9.59 Å². The quantitative estimate of drug-likeness (QED) is 0.618. The number of hydrogen-bond acceptors (Lipinski definition) is 4. The van der Waals surface area contributed by atoms with Gasteiger partial charge < -0.3 is 25.2 Å². The first kappa shape index (κ1) is 16.7. The van der Waals surface area contributed by atoms with Crippen LogP contribution < -0.4 is 10.6 Å². The Hall–Kier alpha value is -1.34. The summed E-state index contributed by atoms with van der Waals surface area (Å²) < 4.78 is 4.82. The molecule has 1 rings (SSSR count). The molecule has 0 saturated carbocycles. The number of carbonyl (C=O) groups excluding carboxylic acids is 2. The molecule has 0 aromatic heterocycles. The maximum Gasteiger partial charge on any atom is 0.314 e. The molecule has 0 aromatic rings. The van der Waals surface area contributed by atoms with Crippen LogP contribution in [0.5, 0.6) is 0 Å². The fourth-order valence-electron chi connectivity index (χ4n) is 2.08. The van der Waals surface area contributed by atoms with E-state index in [1.807, 2.05) is 4.90 Å². The summed E-state index contributed by atoms with van der Waals surface area (Å²) in [6.07, 6.45) is 0.351. The smallest absolute Gasteiger partial charge is 0.314 e. The number of methoxy groups -OCH3 is 1. The van der Waals surface area contributed by atoms with Crippen LogP contribution in [0.1, 0.15) is 13.3 Å². The van der Waals surface area contributed by atoms with Gasteiger partial charge in [-0.05, 0) is 6.54 Å². The second-order valence-electron chi connectivity index (χ2n) is 4.74. The standard InChI is InChI=1S/C13H26N4O3/c1-3-16-7-9-17(10-8-16)12(18)4-5-14-13(19)15-6-11-20-2/h3-11H2,1-2H3,(H2,14,15,19). The van der Waals surface area contributed by atoms with Gasteiger partial charge in [-0.15, -0.1) is 0 Å². The van der Waals surface area contributed by atoms with Crippen molar-refractivity contribution in [1.29, 1.82) is 0 Å². The number of ether oxygens (including phenoxy) is 1. The van der Waals surface area contributed by atoms with Gasteiger partial charge in [0.05, 0.1) is 6.61 Å². The molecule has 0 radical (unpaired) electrons. The van der Waals surface area contributed by atoms with E-state index < -0.39 is 0 Å². The highest BCUT2D eigenvalue weighted by Gasteiger charge is 2.19. The fraction of sp³-hybridized carbons (Fsp3) is 0.846. The summed E-state index contributed by atoms with van der Waals surface area (Å²) in [5, 5.41) is 5.31. The van der Waals surface area contributed by atoms with E-state index in [0.717, 1.165) is 32.7 Å². The molecule has 0 unspecified atom stereocenters. The summed E-state index contributed by atoms with van der Waals surface area (Å²) in [6, 6.07) is -0.259. The highest BCUT2D eigenvalue weighted by Crippen LogP contribution is 2.02. The van der Waals surface area contributed by atoms with E-state index in [2.05, 4.69) is 22.5 Å². The molecule has 1 aliphatic rings. The molecule has 1 fully saturated rings. The van der Waals surface area contributed by atoms with Gasteiger partial charge in [0, 0.05) is 52.8 Å². The predicted octanol–water partition coefficient (Wildman–Crippen LogP) is -0.514. The van der Waals surface area contributed by atoms with Gasteiger partial charge in [-0.2, -0.15) is 0 Å². The minimum absolute atomic E-state index is 0.109. The average molecular weight is 286 g/mol. The van der Waals surface area contributed by atoms with Crippen LogP contribution in [0.4, 0.5) is 4.79 Å². The first-order chi connectivity index (χ1) is 9.67. The Kier molecular flexibility index (Phi) is 7.98.